The maximum atomic E-state index is 2.19. The highest BCUT2D eigenvalue weighted by Gasteiger charge is 1.96. The van der Waals surface area contributed by atoms with Crippen molar-refractivity contribution in [3.8, 4) is 0 Å². The van der Waals surface area contributed by atoms with Gasteiger partial charge < -0.3 is 11.0 Å². The van der Waals surface area contributed by atoms with Crippen LogP contribution in [0.4, 0.5) is 0 Å². The first-order valence-corrected chi connectivity index (χ1v) is 2.00. The predicted molar refractivity (Wildman–Crippen MR) is 35.5 cm³/mol. The van der Waals surface area contributed by atoms with Gasteiger partial charge in [-0.3, -0.25) is 0 Å². The van der Waals surface area contributed by atoms with Gasteiger partial charge in [0.1, 0.15) is 7.85 Å². The van der Waals surface area contributed by atoms with Gasteiger partial charge in [-0.15, -0.1) is 0 Å². The summed E-state index contributed by atoms with van der Waals surface area (Å²) in [5.41, 5.74) is 0. The second-order valence-corrected chi connectivity index (χ2v) is 3.00. The molecule has 0 unspecified atom stereocenters. The van der Waals surface area contributed by atoms with Crippen molar-refractivity contribution in [3.63, 3.8) is 0 Å². The summed E-state index contributed by atoms with van der Waals surface area (Å²) >= 11 is 0. The van der Waals surface area contributed by atoms with Crippen LogP contribution < -0.4 is 0 Å². The third-order valence-corrected chi connectivity index (χ3v) is 0. The third kappa shape index (κ3) is 419000. The molecule has 0 atom stereocenters. The lowest BCUT2D eigenvalue weighted by molar-refractivity contribution is 0.767. The van der Waals surface area contributed by atoms with Crippen molar-refractivity contribution in [1.82, 2.24) is 0 Å². The lowest BCUT2D eigenvalue weighted by Crippen LogP contribution is -1.90. The first-order valence-electron chi connectivity index (χ1n) is 2.00. The van der Waals surface area contributed by atoms with E-state index in [1.54, 1.807) is 0 Å². The third-order valence-electron chi connectivity index (χ3n) is 0. The summed E-state index contributed by atoms with van der Waals surface area (Å²) in [5, 5.41) is 0.500. The summed E-state index contributed by atoms with van der Waals surface area (Å²) in [7, 11) is 2.19. The molecule has 0 rings (SSSR count). The van der Waals surface area contributed by atoms with Gasteiger partial charge in [-0.1, -0.05) is 26.1 Å². The Balaban J connectivity index is -0.0000000800. The van der Waals surface area contributed by atoms with E-state index in [4.69, 9.17) is 0 Å². The van der Waals surface area contributed by atoms with E-state index in [0.717, 1.165) is 0 Å². The zero-order valence-electron chi connectivity index (χ0n) is 5.50. The van der Waals surface area contributed by atoms with Crippen LogP contribution >= 0.6 is 0 Å². The molecule has 2 nitrogen and oxygen atoms in total. The van der Waals surface area contributed by atoms with Crippen molar-refractivity contribution >= 4 is 7.85 Å². The summed E-state index contributed by atoms with van der Waals surface area (Å²) in [6.45, 7) is 6.56. The molecule has 0 fully saturated rings. The Morgan fingerprint density at radius 1 is 1.00 bits per heavy atom. The van der Waals surface area contributed by atoms with Crippen molar-refractivity contribution in [1.29, 1.82) is 0 Å². The van der Waals surface area contributed by atoms with Gasteiger partial charge in [-0.05, 0) is 0 Å². The molecule has 0 spiro atoms. The first kappa shape index (κ1) is 15.8. The first-order chi connectivity index (χ1) is 2.00. The second kappa shape index (κ2) is 4.15. The Hall–Kier alpha value is -0.0151. The van der Waals surface area contributed by atoms with Crippen molar-refractivity contribution in [3.05, 3.63) is 0 Å². The minimum absolute atomic E-state index is 0. The Bertz CT molecular complexity index is 25.2. The van der Waals surface area contributed by atoms with Crippen LogP contribution in [0.25, 0.3) is 0 Å². The lowest BCUT2D eigenvalue weighted by Gasteiger charge is -2.05. The number of hydrogen-bond donors (Lipinski definition) is 0. The van der Waals surface area contributed by atoms with Crippen molar-refractivity contribution in [2.24, 2.45) is 0 Å². The van der Waals surface area contributed by atoms with Crippen LogP contribution in [0.2, 0.25) is 5.31 Å². The smallest absolute Gasteiger partial charge is 0.108 e. The van der Waals surface area contributed by atoms with Crippen molar-refractivity contribution < 1.29 is 11.0 Å². The van der Waals surface area contributed by atoms with Crippen molar-refractivity contribution in [2.45, 2.75) is 26.1 Å². The minimum atomic E-state index is 0. The molecular formula is C4H15BO2. The Kier molecular flexibility index (Phi) is 9.35. The fourth-order valence-corrected chi connectivity index (χ4v) is 0. The highest BCUT2D eigenvalue weighted by molar-refractivity contribution is 6.14. The molecule has 4 N–H and O–H groups in total. The van der Waals surface area contributed by atoms with Gasteiger partial charge in [-0.25, -0.2) is 0 Å². The van der Waals surface area contributed by atoms with Gasteiger partial charge in [0.2, 0.25) is 0 Å². The molecule has 0 amide bonds. The van der Waals surface area contributed by atoms with Crippen LogP contribution in [0.5, 0.6) is 0 Å². The fraction of sp³-hybridized carbons (Fsp3) is 1.00. The SMILES string of the molecule is BC(C)(C)C.O.O. The second-order valence-electron chi connectivity index (χ2n) is 3.00. The number of hydrogen-bond acceptors (Lipinski definition) is 0. The summed E-state index contributed by atoms with van der Waals surface area (Å²) < 4.78 is 0. The van der Waals surface area contributed by atoms with Crippen LogP contribution in [-0.4, -0.2) is 18.8 Å². The molecule has 0 aliphatic rings. The van der Waals surface area contributed by atoms with Gasteiger partial charge in [0.25, 0.3) is 0 Å². The molecule has 0 aliphatic carbocycles. The Morgan fingerprint density at radius 2 is 1.00 bits per heavy atom. The average molecular weight is 106 g/mol. The molecule has 0 aliphatic heterocycles. The normalized spacial score (nSPS) is 8.43. The summed E-state index contributed by atoms with van der Waals surface area (Å²) in [5.74, 6) is 0. The molecule has 0 saturated heterocycles. The molecule has 0 radical (unpaired) electrons. The summed E-state index contributed by atoms with van der Waals surface area (Å²) in [4.78, 5) is 0. The lowest BCUT2D eigenvalue weighted by atomic mass is 9.75. The maximum Gasteiger partial charge on any atom is 0.108 e. The standard InChI is InChI=1S/C4H11B.2H2O/c1-4(2,3)5;;/h5H2,1-3H3;2*1H2. The van der Waals surface area contributed by atoms with Gasteiger partial charge in [0.15, 0.2) is 0 Å². The monoisotopic (exact) mass is 106 g/mol. The Labute approximate surface area is 45.9 Å². The molecule has 0 saturated carbocycles. The molecule has 0 bridgehead atoms. The molecule has 3 heteroatoms. The predicted octanol–water partition coefficient (Wildman–Crippen LogP) is -0.812. The van der Waals surface area contributed by atoms with E-state index in [2.05, 4.69) is 28.6 Å². The maximum absolute atomic E-state index is 2.19. The molecule has 0 aromatic rings. The van der Waals surface area contributed by atoms with E-state index < -0.39 is 0 Å². The van der Waals surface area contributed by atoms with Crippen molar-refractivity contribution in [2.75, 3.05) is 0 Å². The molecule has 0 aromatic carbocycles. The van der Waals surface area contributed by atoms with Crippen LogP contribution in [-0.2, 0) is 0 Å². The fourth-order valence-electron chi connectivity index (χ4n) is 0. The van der Waals surface area contributed by atoms with Gasteiger partial charge in [-0.2, -0.15) is 0 Å². The summed E-state index contributed by atoms with van der Waals surface area (Å²) in [6, 6.07) is 0. The van der Waals surface area contributed by atoms with Crippen LogP contribution in [0.1, 0.15) is 20.8 Å². The molecular weight excluding hydrogens is 90.9 g/mol. The van der Waals surface area contributed by atoms with Gasteiger partial charge in [0.05, 0.1) is 0 Å². The number of rotatable bonds is 0. The topological polar surface area (TPSA) is 63.0 Å². The average Bonchev–Trinajstić information content (AvgIpc) is 0.722. The highest BCUT2D eigenvalue weighted by atomic mass is 16.0. The van der Waals surface area contributed by atoms with Gasteiger partial charge in [0, 0.05) is 0 Å². The van der Waals surface area contributed by atoms with E-state index >= 15 is 0 Å². The molecule has 0 heterocycles. The summed E-state index contributed by atoms with van der Waals surface area (Å²) in [6.07, 6.45) is 0. The zero-order chi connectivity index (χ0) is 4.50. The molecule has 7 heavy (non-hydrogen) atoms. The van der Waals surface area contributed by atoms with E-state index in [-0.39, 0.29) is 11.0 Å². The Morgan fingerprint density at radius 3 is 1.00 bits per heavy atom. The van der Waals surface area contributed by atoms with Crippen LogP contribution in [0.15, 0.2) is 0 Å². The molecule has 0 aromatic heterocycles. The van der Waals surface area contributed by atoms with Crippen LogP contribution in [0, 0.1) is 0 Å². The van der Waals surface area contributed by atoms with E-state index in [1.807, 2.05) is 0 Å². The quantitative estimate of drug-likeness (QED) is 0.362. The largest absolute Gasteiger partial charge is 0.412 e. The molecule has 46 valence electrons. The zero-order valence-corrected chi connectivity index (χ0v) is 5.50. The van der Waals surface area contributed by atoms with E-state index in [9.17, 15) is 0 Å². The highest BCUT2D eigenvalue weighted by Crippen LogP contribution is 2.13. The van der Waals surface area contributed by atoms with E-state index in [0.29, 0.717) is 5.31 Å². The van der Waals surface area contributed by atoms with E-state index in [1.165, 1.54) is 0 Å². The minimum Gasteiger partial charge on any atom is -0.412 e. The van der Waals surface area contributed by atoms with Crippen LogP contribution in [0.3, 0.4) is 0 Å². The van der Waals surface area contributed by atoms with Gasteiger partial charge >= 0.3 is 0 Å².